The second-order valence-electron chi connectivity index (χ2n) is 6.66. The number of aryl methyl sites for hydroxylation is 1. The first kappa shape index (κ1) is 19.3. The number of hydrogen-bond donors (Lipinski definition) is 0. The van der Waals surface area contributed by atoms with Crippen molar-refractivity contribution >= 4 is 17.3 Å². The van der Waals surface area contributed by atoms with Crippen LogP contribution < -0.4 is 4.74 Å². The van der Waals surface area contributed by atoms with Gasteiger partial charge in [0, 0.05) is 18.7 Å². The lowest BCUT2D eigenvalue weighted by atomic mass is 10.0. The van der Waals surface area contributed by atoms with Gasteiger partial charge < -0.3 is 4.74 Å². The summed E-state index contributed by atoms with van der Waals surface area (Å²) in [7, 11) is 0. The van der Waals surface area contributed by atoms with Crippen LogP contribution in [-0.2, 0) is 11.2 Å². The van der Waals surface area contributed by atoms with E-state index in [4.69, 9.17) is 4.74 Å². The van der Waals surface area contributed by atoms with Crippen LogP contribution in [0.1, 0.15) is 45.1 Å². The lowest BCUT2D eigenvalue weighted by molar-refractivity contribution is -0.131. The van der Waals surface area contributed by atoms with Crippen LogP contribution in [0.3, 0.4) is 0 Å². The van der Waals surface area contributed by atoms with Crippen LogP contribution in [0.2, 0.25) is 0 Å². The molecule has 3 aromatic rings. The van der Waals surface area contributed by atoms with Crippen molar-refractivity contribution in [1.29, 1.82) is 0 Å². The van der Waals surface area contributed by atoms with Crippen molar-refractivity contribution in [2.45, 2.75) is 46.0 Å². The molecular formula is C23H25NO2S. The third kappa shape index (κ3) is 5.51. The topological polar surface area (TPSA) is 39.2 Å². The first-order chi connectivity index (χ1) is 13.2. The van der Waals surface area contributed by atoms with Crippen molar-refractivity contribution in [2.24, 2.45) is 0 Å². The average Bonchev–Trinajstić information content (AvgIpc) is 3.16. The zero-order valence-electron chi connectivity index (χ0n) is 15.9. The minimum absolute atomic E-state index is 0.312. The van der Waals surface area contributed by atoms with Crippen LogP contribution in [0, 0.1) is 0 Å². The van der Waals surface area contributed by atoms with Gasteiger partial charge in [0.1, 0.15) is 10.8 Å². The van der Waals surface area contributed by atoms with Crippen LogP contribution in [0.5, 0.6) is 5.75 Å². The van der Waals surface area contributed by atoms with Crippen LogP contribution in [0.15, 0.2) is 54.7 Å². The molecule has 0 aliphatic carbocycles. The van der Waals surface area contributed by atoms with Crippen LogP contribution >= 0.6 is 11.3 Å². The van der Waals surface area contributed by atoms with E-state index in [-0.39, 0.29) is 5.97 Å². The molecule has 0 unspecified atom stereocenters. The number of benzene rings is 2. The fraction of sp³-hybridized carbons (Fsp3) is 0.304. The predicted octanol–water partition coefficient (Wildman–Crippen LogP) is 6.53. The van der Waals surface area contributed by atoms with E-state index in [1.807, 2.05) is 18.3 Å². The highest BCUT2D eigenvalue weighted by molar-refractivity contribution is 7.18. The zero-order valence-corrected chi connectivity index (χ0v) is 16.7. The Kier molecular flexibility index (Phi) is 6.77. The van der Waals surface area contributed by atoms with Gasteiger partial charge in [-0.05, 0) is 48.2 Å². The van der Waals surface area contributed by atoms with Gasteiger partial charge in [0.05, 0.1) is 4.88 Å². The zero-order chi connectivity index (χ0) is 19.1. The number of aromatic nitrogens is 1. The summed E-state index contributed by atoms with van der Waals surface area (Å²) in [6, 6.07) is 16.3. The summed E-state index contributed by atoms with van der Waals surface area (Å²) in [5, 5.41) is 0.961. The van der Waals surface area contributed by atoms with E-state index in [1.165, 1.54) is 43.7 Å². The molecule has 0 spiro atoms. The molecule has 0 N–H and O–H groups in total. The Labute approximate surface area is 165 Å². The number of thiazole rings is 1. The van der Waals surface area contributed by atoms with E-state index in [2.05, 4.69) is 36.2 Å². The second kappa shape index (κ2) is 9.47. The molecule has 0 saturated carbocycles. The number of carbonyl (C=O) groups excluding carboxylic acids is 1. The number of carbonyl (C=O) groups is 1. The summed E-state index contributed by atoms with van der Waals surface area (Å²) in [6.45, 7) is 3.64. The molecule has 0 radical (unpaired) electrons. The van der Waals surface area contributed by atoms with Gasteiger partial charge in [0.15, 0.2) is 0 Å². The Morgan fingerprint density at radius 2 is 1.67 bits per heavy atom. The van der Waals surface area contributed by atoms with Gasteiger partial charge >= 0.3 is 5.97 Å². The maximum atomic E-state index is 11.0. The quantitative estimate of drug-likeness (QED) is 0.254. The Balaban J connectivity index is 1.65. The van der Waals surface area contributed by atoms with E-state index < -0.39 is 0 Å². The van der Waals surface area contributed by atoms with Crippen molar-refractivity contribution in [3.05, 3.63) is 60.3 Å². The molecule has 140 valence electrons. The summed E-state index contributed by atoms with van der Waals surface area (Å²) < 4.78 is 5.08. The molecule has 0 fully saturated rings. The molecule has 1 heterocycles. The van der Waals surface area contributed by atoms with Crippen molar-refractivity contribution < 1.29 is 9.53 Å². The predicted molar refractivity (Wildman–Crippen MR) is 112 cm³/mol. The SMILES string of the molecule is CCCCCCc1ccc(-c2cnc(-c3ccc(OC(C)=O)cc3)s2)cc1. The minimum Gasteiger partial charge on any atom is -0.427 e. The number of nitrogens with zero attached hydrogens (tertiary/aromatic N) is 1. The summed E-state index contributed by atoms with van der Waals surface area (Å²) in [5.74, 6) is 0.241. The van der Waals surface area contributed by atoms with E-state index in [1.54, 1.807) is 23.5 Å². The largest absolute Gasteiger partial charge is 0.427 e. The second-order valence-corrected chi connectivity index (χ2v) is 7.69. The summed E-state index contributed by atoms with van der Waals surface area (Å²) in [4.78, 5) is 16.7. The highest BCUT2D eigenvalue weighted by Gasteiger charge is 2.08. The van der Waals surface area contributed by atoms with Gasteiger partial charge in [-0.25, -0.2) is 4.98 Å². The minimum atomic E-state index is -0.312. The third-order valence-corrected chi connectivity index (χ3v) is 5.52. The van der Waals surface area contributed by atoms with Gasteiger partial charge in [-0.2, -0.15) is 0 Å². The molecule has 0 aliphatic heterocycles. The fourth-order valence-electron chi connectivity index (χ4n) is 2.96. The van der Waals surface area contributed by atoms with Crippen LogP contribution in [-0.4, -0.2) is 11.0 Å². The van der Waals surface area contributed by atoms with E-state index in [0.29, 0.717) is 5.75 Å². The molecule has 0 amide bonds. The number of unbranched alkanes of at least 4 members (excludes halogenated alkanes) is 3. The molecule has 3 nitrogen and oxygen atoms in total. The molecule has 4 heteroatoms. The molecule has 3 rings (SSSR count). The van der Waals surface area contributed by atoms with E-state index in [0.717, 1.165) is 21.9 Å². The lowest BCUT2D eigenvalue weighted by Crippen LogP contribution is -2.00. The van der Waals surface area contributed by atoms with Gasteiger partial charge in [0.25, 0.3) is 0 Å². The highest BCUT2D eigenvalue weighted by Crippen LogP contribution is 2.33. The molecule has 0 saturated heterocycles. The maximum absolute atomic E-state index is 11.0. The van der Waals surface area contributed by atoms with Crippen molar-refractivity contribution in [3.8, 4) is 26.8 Å². The Morgan fingerprint density at radius 3 is 2.33 bits per heavy atom. The average molecular weight is 380 g/mol. The van der Waals surface area contributed by atoms with Crippen molar-refractivity contribution in [1.82, 2.24) is 4.98 Å². The molecule has 0 atom stereocenters. The van der Waals surface area contributed by atoms with Gasteiger partial charge in [-0.15, -0.1) is 11.3 Å². The third-order valence-electron chi connectivity index (χ3n) is 4.43. The van der Waals surface area contributed by atoms with E-state index in [9.17, 15) is 4.79 Å². The maximum Gasteiger partial charge on any atom is 0.308 e. The Morgan fingerprint density at radius 1 is 0.963 bits per heavy atom. The number of ether oxygens (including phenoxy) is 1. The highest BCUT2D eigenvalue weighted by atomic mass is 32.1. The standard InChI is InChI=1S/C23H25NO2S/c1-3-4-5-6-7-18-8-10-19(11-9-18)22-16-24-23(27-22)20-12-14-21(15-13-20)26-17(2)25/h8-16H,3-7H2,1-2H3. The first-order valence-electron chi connectivity index (χ1n) is 9.49. The molecular weight excluding hydrogens is 354 g/mol. The summed E-state index contributed by atoms with van der Waals surface area (Å²) in [6.07, 6.45) is 8.26. The molecule has 1 aromatic heterocycles. The van der Waals surface area contributed by atoms with Gasteiger partial charge in [-0.3, -0.25) is 4.79 Å². The number of hydrogen-bond acceptors (Lipinski definition) is 4. The smallest absolute Gasteiger partial charge is 0.308 e. The van der Waals surface area contributed by atoms with Crippen molar-refractivity contribution in [2.75, 3.05) is 0 Å². The number of rotatable bonds is 8. The Hall–Kier alpha value is -2.46. The first-order valence-corrected chi connectivity index (χ1v) is 10.3. The number of esters is 1. The molecule has 0 aliphatic rings. The Bertz CT molecular complexity index is 866. The van der Waals surface area contributed by atoms with Crippen LogP contribution in [0.4, 0.5) is 0 Å². The lowest BCUT2D eigenvalue weighted by Gasteiger charge is -2.03. The van der Waals surface area contributed by atoms with Crippen molar-refractivity contribution in [3.63, 3.8) is 0 Å². The summed E-state index contributed by atoms with van der Waals surface area (Å²) in [5.41, 5.74) is 3.63. The molecule has 0 bridgehead atoms. The monoisotopic (exact) mass is 379 g/mol. The van der Waals surface area contributed by atoms with E-state index >= 15 is 0 Å². The summed E-state index contributed by atoms with van der Waals surface area (Å²) >= 11 is 1.67. The molecule has 27 heavy (non-hydrogen) atoms. The van der Waals surface area contributed by atoms with Crippen LogP contribution in [0.25, 0.3) is 21.0 Å². The van der Waals surface area contributed by atoms with Gasteiger partial charge in [-0.1, -0.05) is 50.5 Å². The molecule has 2 aromatic carbocycles. The fourth-order valence-corrected chi connectivity index (χ4v) is 3.89. The normalized spacial score (nSPS) is 10.7. The van der Waals surface area contributed by atoms with Gasteiger partial charge in [0.2, 0.25) is 0 Å².